The number of hydroxylamine groups is 1. The number of aliphatic hydroxyl groups is 1. The van der Waals surface area contributed by atoms with Crippen LogP contribution in [0.5, 0.6) is 5.75 Å². The molecule has 3 aromatic carbocycles. The normalized spacial score (nSPS) is 18.3. The largest absolute Gasteiger partial charge is 0.494 e. The van der Waals surface area contributed by atoms with Crippen LogP contribution >= 0.6 is 0 Å². The third-order valence-corrected chi connectivity index (χ3v) is 5.93. The van der Waals surface area contributed by atoms with Crippen LogP contribution in [0.25, 0.3) is 10.4 Å². The number of ether oxygens (including phenoxy) is 2. The van der Waals surface area contributed by atoms with E-state index in [1.54, 1.807) is 48.5 Å². The first-order valence-corrected chi connectivity index (χ1v) is 11.7. The van der Waals surface area contributed by atoms with Gasteiger partial charge in [-0.25, -0.2) is 10.5 Å². The number of amides is 1. The van der Waals surface area contributed by atoms with Crippen molar-refractivity contribution in [2.75, 3.05) is 20.3 Å². The summed E-state index contributed by atoms with van der Waals surface area (Å²) in [6.07, 6.45) is -0.174. The molecule has 37 heavy (non-hydrogen) atoms. The summed E-state index contributed by atoms with van der Waals surface area (Å²) in [6.45, 7) is 0.451. The Kier molecular flexibility index (Phi) is 8.37. The van der Waals surface area contributed by atoms with Gasteiger partial charge in [0.1, 0.15) is 5.75 Å². The van der Waals surface area contributed by atoms with E-state index in [1.807, 2.05) is 30.3 Å². The van der Waals surface area contributed by atoms with Crippen LogP contribution in [0.2, 0.25) is 0 Å². The molecule has 0 unspecified atom stereocenters. The Hall–Kier alpha value is -4.37. The van der Waals surface area contributed by atoms with Crippen LogP contribution in [0.3, 0.4) is 0 Å². The number of aliphatic imine (C=N–C) groups is 1. The van der Waals surface area contributed by atoms with E-state index < -0.39 is 17.6 Å². The van der Waals surface area contributed by atoms with E-state index in [-0.39, 0.29) is 18.9 Å². The number of carbonyl (C=O) groups is 1. The maximum atomic E-state index is 13.6. The van der Waals surface area contributed by atoms with Gasteiger partial charge in [-0.15, -0.1) is 0 Å². The fourth-order valence-corrected chi connectivity index (χ4v) is 4.19. The molecule has 0 spiro atoms. The highest BCUT2D eigenvalue weighted by Crippen LogP contribution is 2.43. The topological polar surface area (TPSA) is 138 Å². The molecule has 1 aliphatic heterocycles. The van der Waals surface area contributed by atoms with Crippen LogP contribution in [0, 0.1) is 0 Å². The van der Waals surface area contributed by atoms with Gasteiger partial charge in [0.25, 0.3) is 5.91 Å². The molecule has 0 aliphatic carbocycles. The standard InChI is InChI=1S/C27H27N5O5/c1-35-31-26(34)27(18-21-10-5-6-11-23(21)30-32-28)24(19-8-3-2-4-9-19)37-25(29-27)20-12-14-22(15-13-20)36-17-7-16-33/h2-6,8-15,24,33H,7,16-18H2,1H3,(H,31,34)/t24-,27-/m0/s1. The smallest absolute Gasteiger partial charge is 0.276 e. The second kappa shape index (κ2) is 12.0. The Labute approximate surface area is 214 Å². The van der Waals surface area contributed by atoms with Gasteiger partial charge in [0.2, 0.25) is 5.90 Å². The van der Waals surface area contributed by atoms with E-state index >= 15 is 0 Å². The zero-order valence-corrected chi connectivity index (χ0v) is 20.3. The lowest BCUT2D eigenvalue weighted by Gasteiger charge is -2.30. The average molecular weight is 502 g/mol. The third kappa shape index (κ3) is 5.73. The molecule has 190 valence electrons. The molecule has 10 nitrogen and oxygen atoms in total. The molecule has 0 saturated heterocycles. The minimum Gasteiger partial charge on any atom is -0.494 e. The van der Waals surface area contributed by atoms with Gasteiger partial charge >= 0.3 is 0 Å². The molecule has 1 aliphatic rings. The summed E-state index contributed by atoms with van der Waals surface area (Å²) in [5, 5.41) is 12.8. The first-order valence-electron chi connectivity index (χ1n) is 11.7. The summed E-state index contributed by atoms with van der Waals surface area (Å²) in [5.41, 5.74) is 12.5. The number of hydrogen-bond acceptors (Lipinski definition) is 7. The van der Waals surface area contributed by atoms with Crippen LogP contribution in [0.15, 0.2) is 89.0 Å². The minimum absolute atomic E-state index is 0.0536. The van der Waals surface area contributed by atoms with Gasteiger partial charge in [-0.2, -0.15) is 0 Å². The van der Waals surface area contributed by atoms with E-state index in [4.69, 9.17) is 29.9 Å². The molecule has 2 N–H and O–H groups in total. The van der Waals surface area contributed by atoms with Gasteiger partial charge < -0.3 is 14.6 Å². The van der Waals surface area contributed by atoms with Crippen molar-refractivity contribution in [3.05, 3.63) is 106 Å². The Morgan fingerprint density at radius 2 is 1.86 bits per heavy atom. The Bertz CT molecular complexity index is 1290. The van der Waals surface area contributed by atoms with E-state index in [0.717, 1.165) is 5.56 Å². The summed E-state index contributed by atoms with van der Waals surface area (Å²) in [7, 11) is 1.35. The number of hydrogen-bond donors (Lipinski definition) is 2. The molecule has 0 bridgehead atoms. The molecular weight excluding hydrogens is 474 g/mol. The van der Waals surface area contributed by atoms with Crippen molar-refractivity contribution in [3.63, 3.8) is 0 Å². The van der Waals surface area contributed by atoms with E-state index in [9.17, 15) is 4.79 Å². The van der Waals surface area contributed by atoms with Crippen LogP contribution in [-0.4, -0.2) is 42.8 Å². The predicted octanol–water partition coefficient (Wildman–Crippen LogP) is 4.57. The lowest BCUT2D eigenvalue weighted by atomic mass is 9.82. The number of carbonyl (C=O) groups excluding carboxylic acids is 1. The van der Waals surface area contributed by atoms with Crippen molar-refractivity contribution in [1.29, 1.82) is 0 Å². The molecule has 0 fully saturated rings. The van der Waals surface area contributed by atoms with Gasteiger partial charge in [0.05, 0.1) is 13.7 Å². The van der Waals surface area contributed by atoms with Gasteiger partial charge in [0.15, 0.2) is 11.6 Å². The SMILES string of the molecule is CONC(=O)[C@@]1(Cc2ccccc2N=[N+]=[N-])N=C(c2ccc(OCCCO)cc2)O[C@H]1c1ccccc1. The average Bonchev–Trinajstić information content (AvgIpc) is 3.32. The predicted molar refractivity (Wildman–Crippen MR) is 137 cm³/mol. The molecule has 0 saturated carbocycles. The van der Waals surface area contributed by atoms with E-state index in [0.29, 0.717) is 35.6 Å². The summed E-state index contributed by atoms with van der Waals surface area (Å²) in [4.78, 5) is 26.4. The van der Waals surface area contributed by atoms with Crippen LogP contribution in [-0.2, 0) is 20.8 Å². The number of rotatable bonds is 11. The highest BCUT2D eigenvalue weighted by atomic mass is 16.6. The van der Waals surface area contributed by atoms with Crippen molar-refractivity contribution in [2.24, 2.45) is 10.1 Å². The number of benzene rings is 3. The van der Waals surface area contributed by atoms with Crippen molar-refractivity contribution < 1.29 is 24.2 Å². The zero-order chi connectivity index (χ0) is 26.1. The molecule has 0 radical (unpaired) electrons. The minimum atomic E-state index is -1.47. The molecule has 1 amide bonds. The number of nitrogens with zero attached hydrogens (tertiary/aromatic N) is 4. The third-order valence-electron chi connectivity index (χ3n) is 5.93. The Balaban J connectivity index is 1.79. The first-order chi connectivity index (χ1) is 18.1. The molecular formula is C27H27N5O5. The Morgan fingerprint density at radius 1 is 1.14 bits per heavy atom. The van der Waals surface area contributed by atoms with Gasteiger partial charge in [-0.1, -0.05) is 59.7 Å². The van der Waals surface area contributed by atoms with Gasteiger partial charge in [0, 0.05) is 35.6 Å². The molecule has 1 heterocycles. The number of aliphatic hydroxyl groups excluding tert-OH is 1. The van der Waals surface area contributed by atoms with E-state index in [2.05, 4.69) is 15.5 Å². The maximum Gasteiger partial charge on any atom is 0.276 e. The fraction of sp³-hybridized carbons (Fsp3) is 0.259. The van der Waals surface area contributed by atoms with Crippen molar-refractivity contribution in [1.82, 2.24) is 5.48 Å². The zero-order valence-electron chi connectivity index (χ0n) is 20.3. The van der Waals surface area contributed by atoms with Crippen LogP contribution in [0.4, 0.5) is 5.69 Å². The quantitative estimate of drug-likeness (QED) is 0.130. The van der Waals surface area contributed by atoms with Crippen LogP contribution in [0.1, 0.15) is 29.2 Å². The lowest BCUT2D eigenvalue weighted by molar-refractivity contribution is -0.139. The molecule has 4 rings (SSSR count). The first kappa shape index (κ1) is 25.7. The Morgan fingerprint density at radius 3 is 2.57 bits per heavy atom. The second-order valence-corrected chi connectivity index (χ2v) is 8.33. The van der Waals surface area contributed by atoms with Gasteiger partial charge in [-0.3, -0.25) is 9.63 Å². The maximum absolute atomic E-state index is 13.6. The molecule has 2 atom stereocenters. The number of azide groups is 1. The summed E-state index contributed by atoms with van der Waals surface area (Å²) in [6, 6.07) is 23.5. The highest BCUT2D eigenvalue weighted by Gasteiger charge is 2.53. The summed E-state index contributed by atoms with van der Waals surface area (Å²) in [5.74, 6) is 0.420. The van der Waals surface area contributed by atoms with Crippen LogP contribution < -0.4 is 10.2 Å². The molecule has 3 aromatic rings. The lowest BCUT2D eigenvalue weighted by Crippen LogP contribution is -2.49. The highest BCUT2D eigenvalue weighted by molar-refractivity contribution is 6.01. The summed E-state index contributed by atoms with van der Waals surface area (Å²) >= 11 is 0. The number of nitrogens with one attached hydrogen (secondary N) is 1. The van der Waals surface area contributed by atoms with Crippen molar-refractivity contribution in [2.45, 2.75) is 24.5 Å². The molecule has 0 aromatic heterocycles. The summed E-state index contributed by atoms with van der Waals surface area (Å²) < 4.78 is 12.0. The monoisotopic (exact) mass is 501 g/mol. The van der Waals surface area contributed by atoms with Gasteiger partial charge in [-0.05, 0) is 40.9 Å². The van der Waals surface area contributed by atoms with Crippen molar-refractivity contribution >= 4 is 17.5 Å². The molecule has 10 heteroatoms. The fourth-order valence-electron chi connectivity index (χ4n) is 4.19. The van der Waals surface area contributed by atoms with Crippen molar-refractivity contribution in [3.8, 4) is 5.75 Å². The van der Waals surface area contributed by atoms with E-state index in [1.165, 1.54) is 7.11 Å². The second-order valence-electron chi connectivity index (χ2n) is 8.33.